The molecule has 0 unspecified atom stereocenters. The fourth-order valence-electron chi connectivity index (χ4n) is 2.67. The molecule has 1 saturated heterocycles. The van der Waals surface area contributed by atoms with Gasteiger partial charge in [0.15, 0.2) is 0 Å². The van der Waals surface area contributed by atoms with Crippen molar-refractivity contribution in [3.05, 3.63) is 29.8 Å². The van der Waals surface area contributed by atoms with Gasteiger partial charge in [-0.3, -0.25) is 9.59 Å². The van der Waals surface area contributed by atoms with Crippen LogP contribution in [-0.2, 0) is 4.79 Å². The number of ether oxygens (including phenoxy) is 1. The van der Waals surface area contributed by atoms with E-state index in [9.17, 15) is 22.8 Å². The molecule has 0 radical (unpaired) electrons. The largest absolute Gasteiger partial charge is 0.494 e. The van der Waals surface area contributed by atoms with Crippen LogP contribution in [0.25, 0.3) is 0 Å². The van der Waals surface area contributed by atoms with Gasteiger partial charge in [0.05, 0.1) is 18.4 Å². The van der Waals surface area contributed by atoms with Gasteiger partial charge in [-0.05, 0) is 24.6 Å². The summed E-state index contributed by atoms with van der Waals surface area (Å²) in [5.74, 6) is -5.43. The van der Waals surface area contributed by atoms with Gasteiger partial charge in [-0.25, -0.2) is 0 Å². The van der Waals surface area contributed by atoms with Crippen molar-refractivity contribution in [2.75, 3.05) is 19.7 Å². The number of nitrogens with zero attached hydrogens (tertiary/aromatic N) is 1. The number of hydrogen-bond acceptors (Lipinski definition) is 3. The average molecular weight is 345 g/mol. The molecule has 132 valence electrons. The second-order valence-corrected chi connectivity index (χ2v) is 5.68. The van der Waals surface area contributed by atoms with Gasteiger partial charge in [0.1, 0.15) is 5.75 Å². The van der Waals surface area contributed by atoms with Crippen LogP contribution in [0.15, 0.2) is 24.3 Å². The normalized spacial score (nSPS) is 20.9. The molecule has 8 heteroatoms. The third-order valence-electron chi connectivity index (χ3n) is 3.90. The summed E-state index contributed by atoms with van der Waals surface area (Å²) in [7, 11) is 0. The molecular formula is C16H18F3NO4. The molecule has 0 spiro atoms. The minimum Gasteiger partial charge on any atom is -0.494 e. The monoisotopic (exact) mass is 345 g/mol. The van der Waals surface area contributed by atoms with Crippen LogP contribution in [0, 0.1) is 11.8 Å². The van der Waals surface area contributed by atoms with Crippen molar-refractivity contribution in [1.29, 1.82) is 0 Å². The van der Waals surface area contributed by atoms with Crippen molar-refractivity contribution in [3.63, 3.8) is 0 Å². The summed E-state index contributed by atoms with van der Waals surface area (Å²) in [5.41, 5.74) is 0.176. The highest BCUT2D eigenvalue weighted by molar-refractivity contribution is 5.95. The maximum atomic E-state index is 13.0. The van der Waals surface area contributed by atoms with Crippen LogP contribution < -0.4 is 4.74 Å². The first-order valence-electron chi connectivity index (χ1n) is 7.55. The fourth-order valence-corrected chi connectivity index (χ4v) is 2.67. The van der Waals surface area contributed by atoms with Gasteiger partial charge in [-0.15, -0.1) is 0 Å². The molecule has 24 heavy (non-hydrogen) atoms. The Labute approximate surface area is 137 Å². The summed E-state index contributed by atoms with van der Waals surface area (Å²) in [4.78, 5) is 24.4. The van der Waals surface area contributed by atoms with Crippen LogP contribution in [-0.4, -0.2) is 47.8 Å². The Morgan fingerprint density at radius 1 is 1.33 bits per heavy atom. The second kappa shape index (κ2) is 7.11. The van der Waals surface area contributed by atoms with Crippen molar-refractivity contribution in [3.8, 4) is 5.75 Å². The van der Waals surface area contributed by atoms with E-state index in [0.29, 0.717) is 12.4 Å². The predicted octanol–water partition coefficient (Wildman–Crippen LogP) is 2.81. The van der Waals surface area contributed by atoms with Crippen molar-refractivity contribution in [2.24, 2.45) is 11.8 Å². The molecular weight excluding hydrogens is 327 g/mol. The molecule has 1 heterocycles. The van der Waals surface area contributed by atoms with E-state index < -0.39 is 43.0 Å². The lowest BCUT2D eigenvalue weighted by Crippen LogP contribution is -2.34. The summed E-state index contributed by atoms with van der Waals surface area (Å²) in [6.45, 7) is 1.26. The summed E-state index contributed by atoms with van der Waals surface area (Å²) < 4.78 is 44.4. The first kappa shape index (κ1) is 18.1. The number of hydrogen-bond donors (Lipinski definition) is 1. The zero-order chi connectivity index (χ0) is 17.9. The average Bonchev–Trinajstić information content (AvgIpc) is 2.98. The molecule has 0 saturated carbocycles. The highest BCUT2D eigenvalue weighted by atomic mass is 19.4. The lowest BCUT2D eigenvalue weighted by molar-refractivity contribution is -0.187. The van der Waals surface area contributed by atoms with E-state index in [0.717, 1.165) is 11.3 Å². The molecule has 1 amide bonds. The van der Waals surface area contributed by atoms with Gasteiger partial charge in [0.25, 0.3) is 5.91 Å². The number of carboxylic acid groups (broad SMARTS) is 1. The molecule has 2 rings (SSSR count). The number of benzene rings is 1. The van der Waals surface area contributed by atoms with E-state index in [-0.39, 0.29) is 5.56 Å². The van der Waals surface area contributed by atoms with Crippen molar-refractivity contribution >= 4 is 11.9 Å². The Hall–Kier alpha value is -2.25. The molecule has 5 nitrogen and oxygen atoms in total. The summed E-state index contributed by atoms with van der Waals surface area (Å²) in [6.07, 6.45) is -3.89. The number of carbonyl (C=O) groups excluding carboxylic acids is 1. The lowest BCUT2D eigenvalue weighted by Gasteiger charge is -2.18. The predicted molar refractivity (Wildman–Crippen MR) is 78.8 cm³/mol. The third kappa shape index (κ3) is 3.98. The van der Waals surface area contributed by atoms with Crippen LogP contribution in [0.4, 0.5) is 13.2 Å². The van der Waals surface area contributed by atoms with Crippen molar-refractivity contribution in [1.82, 2.24) is 4.90 Å². The number of carboxylic acids is 1. The van der Waals surface area contributed by atoms with Crippen molar-refractivity contribution in [2.45, 2.75) is 19.5 Å². The molecule has 0 bridgehead atoms. The zero-order valence-corrected chi connectivity index (χ0v) is 13.0. The fraction of sp³-hybridized carbons (Fsp3) is 0.500. The minimum atomic E-state index is -4.66. The SMILES string of the molecule is CCCOc1cccc(C(=O)N2C[C@@H](C(F)(F)F)[C@H](C(=O)O)C2)c1. The van der Waals surface area contributed by atoms with E-state index in [2.05, 4.69) is 0 Å². The van der Waals surface area contributed by atoms with Gasteiger partial charge in [-0.1, -0.05) is 13.0 Å². The molecule has 1 aliphatic heterocycles. The van der Waals surface area contributed by atoms with Gasteiger partial charge in [0.2, 0.25) is 0 Å². The van der Waals surface area contributed by atoms with Crippen LogP contribution in [0.1, 0.15) is 23.7 Å². The van der Waals surface area contributed by atoms with Crippen LogP contribution >= 0.6 is 0 Å². The number of likely N-dealkylation sites (tertiary alicyclic amines) is 1. The number of aliphatic carboxylic acids is 1. The molecule has 1 aliphatic rings. The van der Waals surface area contributed by atoms with E-state index in [1.54, 1.807) is 12.1 Å². The quantitative estimate of drug-likeness (QED) is 0.891. The Morgan fingerprint density at radius 2 is 2.04 bits per heavy atom. The smallest absolute Gasteiger partial charge is 0.394 e. The second-order valence-electron chi connectivity index (χ2n) is 5.68. The standard InChI is InChI=1S/C16H18F3NO4/c1-2-6-24-11-5-3-4-10(7-11)14(21)20-8-12(15(22)23)13(9-20)16(17,18)19/h3-5,7,12-13H,2,6,8-9H2,1H3,(H,22,23)/t12-,13-/m1/s1. The first-order chi connectivity index (χ1) is 11.2. The number of amides is 1. The maximum absolute atomic E-state index is 13.0. The molecule has 2 atom stereocenters. The van der Waals surface area contributed by atoms with Crippen molar-refractivity contribution < 1.29 is 32.6 Å². The molecule has 0 aromatic heterocycles. The Bertz CT molecular complexity index is 618. The Balaban J connectivity index is 2.17. The van der Waals surface area contributed by atoms with E-state index in [1.807, 2.05) is 6.92 Å². The number of rotatable bonds is 5. The summed E-state index contributed by atoms with van der Waals surface area (Å²) in [6, 6.07) is 6.14. The zero-order valence-electron chi connectivity index (χ0n) is 13.0. The summed E-state index contributed by atoms with van der Waals surface area (Å²) >= 11 is 0. The lowest BCUT2D eigenvalue weighted by atomic mass is 9.96. The van der Waals surface area contributed by atoms with Gasteiger partial charge >= 0.3 is 12.1 Å². The Morgan fingerprint density at radius 3 is 2.58 bits per heavy atom. The van der Waals surface area contributed by atoms with E-state index in [1.165, 1.54) is 12.1 Å². The molecule has 1 aromatic carbocycles. The molecule has 1 aromatic rings. The van der Waals surface area contributed by atoms with E-state index >= 15 is 0 Å². The number of alkyl halides is 3. The third-order valence-corrected chi connectivity index (χ3v) is 3.90. The van der Waals surface area contributed by atoms with Gasteiger partial charge < -0.3 is 14.7 Å². The number of carbonyl (C=O) groups is 2. The van der Waals surface area contributed by atoms with Crippen LogP contribution in [0.5, 0.6) is 5.75 Å². The van der Waals surface area contributed by atoms with Crippen LogP contribution in [0.2, 0.25) is 0 Å². The molecule has 1 fully saturated rings. The van der Waals surface area contributed by atoms with Crippen LogP contribution in [0.3, 0.4) is 0 Å². The summed E-state index contributed by atoms with van der Waals surface area (Å²) in [5, 5.41) is 9.00. The topological polar surface area (TPSA) is 66.8 Å². The van der Waals surface area contributed by atoms with Gasteiger partial charge in [-0.2, -0.15) is 13.2 Å². The highest BCUT2D eigenvalue weighted by Crippen LogP contribution is 2.38. The Kier molecular flexibility index (Phi) is 5.36. The minimum absolute atomic E-state index is 0.176. The first-order valence-corrected chi connectivity index (χ1v) is 7.55. The highest BCUT2D eigenvalue weighted by Gasteiger charge is 2.53. The van der Waals surface area contributed by atoms with E-state index in [4.69, 9.17) is 9.84 Å². The maximum Gasteiger partial charge on any atom is 0.394 e. The molecule has 0 aliphatic carbocycles. The number of halogens is 3. The van der Waals surface area contributed by atoms with Gasteiger partial charge in [0, 0.05) is 18.7 Å². The molecule has 1 N–H and O–H groups in total.